The summed E-state index contributed by atoms with van der Waals surface area (Å²) in [6.45, 7) is 2.18. The second-order valence-corrected chi connectivity index (χ2v) is 6.62. The van der Waals surface area contributed by atoms with E-state index in [1.807, 2.05) is 33.8 Å². The fraction of sp³-hybridized carbons (Fsp3) is 0.500. The highest BCUT2D eigenvalue weighted by Crippen LogP contribution is 2.31. The molecule has 0 saturated carbocycles. The Morgan fingerprint density at radius 1 is 1.20 bits per heavy atom. The number of rotatable bonds is 2. The number of aromatic nitrogens is 3. The second kappa shape index (κ2) is 7.13. The maximum atomic E-state index is 12.7. The molecule has 1 unspecified atom stereocenters. The van der Waals surface area contributed by atoms with Crippen LogP contribution in [0.4, 0.5) is 4.79 Å². The third-order valence-corrected chi connectivity index (χ3v) is 5.05. The zero-order valence-electron chi connectivity index (χ0n) is 14.2. The molecule has 2 aromatic rings. The molecule has 2 aliphatic rings. The fourth-order valence-corrected chi connectivity index (χ4v) is 3.65. The van der Waals surface area contributed by atoms with Crippen LogP contribution in [0.5, 0.6) is 5.75 Å². The number of ether oxygens (including phenoxy) is 1. The first-order valence-electron chi connectivity index (χ1n) is 8.92. The average molecular weight is 341 g/mol. The molecule has 2 aliphatic heterocycles. The molecule has 2 amide bonds. The maximum absolute atomic E-state index is 12.7. The zero-order chi connectivity index (χ0) is 17.1. The summed E-state index contributed by atoms with van der Waals surface area (Å²) in [6, 6.07) is 8.34. The van der Waals surface area contributed by atoms with Crippen LogP contribution in [0.2, 0.25) is 0 Å². The van der Waals surface area contributed by atoms with Crippen LogP contribution >= 0.6 is 0 Å². The van der Waals surface area contributed by atoms with Gasteiger partial charge in [0.05, 0.1) is 18.7 Å². The van der Waals surface area contributed by atoms with Gasteiger partial charge in [-0.2, -0.15) is 5.10 Å². The molecule has 4 rings (SSSR count). The van der Waals surface area contributed by atoms with Crippen molar-refractivity contribution in [3.05, 3.63) is 42.5 Å². The van der Waals surface area contributed by atoms with E-state index in [1.54, 1.807) is 12.7 Å². The maximum Gasteiger partial charge on any atom is 0.317 e. The highest BCUT2D eigenvalue weighted by Gasteiger charge is 2.27. The number of nitrogens with zero attached hydrogens (tertiary/aromatic N) is 4. The van der Waals surface area contributed by atoms with Crippen molar-refractivity contribution < 1.29 is 9.53 Å². The summed E-state index contributed by atoms with van der Waals surface area (Å²) >= 11 is 0. The van der Waals surface area contributed by atoms with E-state index < -0.39 is 0 Å². The quantitative estimate of drug-likeness (QED) is 0.911. The van der Waals surface area contributed by atoms with Crippen molar-refractivity contribution >= 4 is 6.03 Å². The van der Waals surface area contributed by atoms with Crippen molar-refractivity contribution in [3.8, 4) is 5.75 Å². The van der Waals surface area contributed by atoms with E-state index in [2.05, 4.69) is 15.4 Å². The van der Waals surface area contributed by atoms with Crippen LogP contribution in [0.3, 0.4) is 0 Å². The first kappa shape index (κ1) is 15.9. The average Bonchev–Trinajstić information content (AvgIpc) is 3.12. The number of piperidine rings is 1. The number of para-hydroxylation sites is 1. The van der Waals surface area contributed by atoms with Gasteiger partial charge in [0.15, 0.2) is 0 Å². The fourth-order valence-electron chi connectivity index (χ4n) is 3.65. The number of hydrogen-bond donors (Lipinski definition) is 1. The molecule has 1 fully saturated rings. The minimum Gasteiger partial charge on any atom is -0.493 e. The molecule has 25 heavy (non-hydrogen) atoms. The third kappa shape index (κ3) is 3.45. The van der Waals surface area contributed by atoms with Gasteiger partial charge in [-0.25, -0.2) is 14.5 Å². The molecule has 0 radical (unpaired) electrons. The van der Waals surface area contributed by atoms with Crippen LogP contribution in [0.15, 0.2) is 36.9 Å². The van der Waals surface area contributed by atoms with Crippen LogP contribution in [0.25, 0.3) is 0 Å². The van der Waals surface area contributed by atoms with Gasteiger partial charge in [-0.05, 0) is 31.7 Å². The molecular formula is C18H23N5O2. The van der Waals surface area contributed by atoms with Gasteiger partial charge in [-0.15, -0.1) is 0 Å². The van der Waals surface area contributed by atoms with Crippen LogP contribution in [0.1, 0.15) is 43.3 Å². The molecule has 3 heterocycles. The zero-order valence-corrected chi connectivity index (χ0v) is 14.2. The van der Waals surface area contributed by atoms with Crippen molar-refractivity contribution in [1.29, 1.82) is 0 Å². The molecule has 7 heteroatoms. The number of nitrogens with one attached hydrogen (secondary N) is 1. The Morgan fingerprint density at radius 2 is 2.04 bits per heavy atom. The first-order valence-corrected chi connectivity index (χ1v) is 8.92. The van der Waals surface area contributed by atoms with Gasteiger partial charge in [0.1, 0.15) is 18.4 Å². The number of amides is 2. The molecule has 1 N–H and O–H groups in total. The number of fused-ring (bicyclic) bond motifs is 1. The Hall–Kier alpha value is -2.57. The summed E-state index contributed by atoms with van der Waals surface area (Å²) in [5.41, 5.74) is 1.07. The van der Waals surface area contributed by atoms with Crippen LogP contribution in [-0.4, -0.2) is 45.4 Å². The molecule has 1 saturated heterocycles. The monoisotopic (exact) mass is 341 g/mol. The number of carbonyl (C=O) groups excluding carboxylic acids is 1. The topological polar surface area (TPSA) is 72.3 Å². The van der Waals surface area contributed by atoms with Gasteiger partial charge in [-0.3, -0.25) is 0 Å². The molecular weight excluding hydrogens is 318 g/mol. The number of likely N-dealkylation sites (tertiary alicyclic amines) is 1. The van der Waals surface area contributed by atoms with E-state index in [-0.39, 0.29) is 12.1 Å². The summed E-state index contributed by atoms with van der Waals surface area (Å²) in [4.78, 5) is 18.6. The number of hydrogen-bond acceptors (Lipinski definition) is 4. The summed E-state index contributed by atoms with van der Waals surface area (Å²) in [5.74, 6) is 0.884. The number of carbonyl (C=O) groups is 1. The predicted octanol–water partition coefficient (Wildman–Crippen LogP) is 2.54. The molecule has 1 aromatic heterocycles. The lowest BCUT2D eigenvalue weighted by Crippen LogP contribution is -2.45. The molecule has 1 atom stereocenters. The van der Waals surface area contributed by atoms with Crippen molar-refractivity contribution in [2.45, 2.75) is 37.8 Å². The molecule has 0 bridgehead atoms. The number of benzene rings is 1. The van der Waals surface area contributed by atoms with Crippen molar-refractivity contribution in [2.24, 2.45) is 0 Å². The predicted molar refractivity (Wildman–Crippen MR) is 92.3 cm³/mol. The highest BCUT2D eigenvalue weighted by atomic mass is 16.5. The minimum atomic E-state index is 0.0127. The SMILES string of the molecule is O=C(NC1CCCOc2ccccc21)N1CCC(n2cncn2)CC1. The summed E-state index contributed by atoms with van der Waals surface area (Å²) in [5, 5.41) is 7.42. The largest absolute Gasteiger partial charge is 0.493 e. The standard InChI is InChI=1S/C18H23N5O2/c24-18(22-9-7-14(8-10-22)23-13-19-12-20-23)21-16-5-3-11-25-17-6-2-1-4-15(16)17/h1-2,4,6,12-14,16H,3,5,7-11H2,(H,21,24). The van der Waals surface area contributed by atoms with Gasteiger partial charge in [0.25, 0.3) is 0 Å². The van der Waals surface area contributed by atoms with Gasteiger partial charge in [-0.1, -0.05) is 18.2 Å². The molecule has 0 aliphatic carbocycles. The van der Waals surface area contributed by atoms with Crippen LogP contribution in [0, 0.1) is 0 Å². The van der Waals surface area contributed by atoms with Crippen molar-refractivity contribution in [2.75, 3.05) is 19.7 Å². The second-order valence-electron chi connectivity index (χ2n) is 6.62. The smallest absolute Gasteiger partial charge is 0.317 e. The van der Waals surface area contributed by atoms with Gasteiger partial charge < -0.3 is 15.0 Å². The Balaban J connectivity index is 1.38. The van der Waals surface area contributed by atoms with Crippen molar-refractivity contribution in [3.63, 3.8) is 0 Å². The van der Waals surface area contributed by atoms with Gasteiger partial charge >= 0.3 is 6.03 Å². The van der Waals surface area contributed by atoms with Gasteiger partial charge in [0, 0.05) is 18.7 Å². The highest BCUT2D eigenvalue weighted by molar-refractivity contribution is 5.75. The summed E-state index contributed by atoms with van der Waals surface area (Å²) in [6.07, 6.45) is 6.96. The van der Waals surface area contributed by atoms with E-state index in [4.69, 9.17) is 4.74 Å². The van der Waals surface area contributed by atoms with E-state index >= 15 is 0 Å². The summed E-state index contributed by atoms with van der Waals surface area (Å²) in [7, 11) is 0. The normalized spacial score (nSPS) is 21.1. The van der Waals surface area contributed by atoms with Crippen LogP contribution < -0.4 is 10.1 Å². The Morgan fingerprint density at radius 3 is 2.84 bits per heavy atom. The minimum absolute atomic E-state index is 0.0127. The van der Waals surface area contributed by atoms with E-state index in [0.717, 1.165) is 50.1 Å². The third-order valence-electron chi connectivity index (χ3n) is 5.05. The van der Waals surface area contributed by atoms with Crippen LogP contribution in [-0.2, 0) is 0 Å². The lowest BCUT2D eigenvalue weighted by Gasteiger charge is -2.33. The molecule has 7 nitrogen and oxygen atoms in total. The van der Waals surface area contributed by atoms with E-state index in [9.17, 15) is 4.79 Å². The van der Waals surface area contributed by atoms with Gasteiger partial charge in [0.2, 0.25) is 0 Å². The lowest BCUT2D eigenvalue weighted by atomic mass is 10.0. The van der Waals surface area contributed by atoms with E-state index in [0.29, 0.717) is 12.6 Å². The lowest BCUT2D eigenvalue weighted by molar-refractivity contribution is 0.165. The Labute approximate surface area is 147 Å². The number of urea groups is 1. The summed E-state index contributed by atoms with van der Waals surface area (Å²) < 4.78 is 7.68. The first-order chi connectivity index (χ1) is 12.3. The molecule has 1 aromatic carbocycles. The molecule has 132 valence electrons. The van der Waals surface area contributed by atoms with E-state index in [1.165, 1.54) is 0 Å². The Kier molecular flexibility index (Phi) is 4.54. The van der Waals surface area contributed by atoms with Crippen molar-refractivity contribution in [1.82, 2.24) is 25.0 Å². The Bertz CT molecular complexity index is 710. The molecule has 0 spiro atoms.